The van der Waals surface area contributed by atoms with Crippen molar-refractivity contribution in [3.8, 4) is 0 Å². The van der Waals surface area contributed by atoms with Crippen LogP contribution in [0, 0.1) is 6.92 Å². The van der Waals surface area contributed by atoms with Crippen LogP contribution >= 0.6 is 0 Å². The van der Waals surface area contributed by atoms with E-state index in [1.165, 1.54) is 12.1 Å². The number of aliphatic hydroxyl groups excluding tert-OH is 1. The third kappa shape index (κ3) is 2.53. The van der Waals surface area contributed by atoms with Crippen molar-refractivity contribution in [2.45, 2.75) is 24.0 Å². The first-order valence-corrected chi connectivity index (χ1v) is 6.82. The first kappa shape index (κ1) is 13.0. The number of ether oxygens (including phenoxy) is 1. The number of benzene rings is 1. The van der Waals surface area contributed by atoms with Crippen LogP contribution in [-0.4, -0.2) is 38.2 Å². The SMILES string of the molecule is Cc1ccc(S(=O)(=O)N[C@@H]2COC(=O)[C@H]2O)cc1. The number of hydrogen-bond donors (Lipinski definition) is 2. The molecule has 1 fully saturated rings. The van der Waals surface area contributed by atoms with Gasteiger partial charge in [-0.3, -0.25) is 0 Å². The van der Waals surface area contributed by atoms with Crippen LogP contribution in [0.2, 0.25) is 0 Å². The molecule has 1 aliphatic heterocycles. The fourth-order valence-corrected chi connectivity index (χ4v) is 2.82. The van der Waals surface area contributed by atoms with Crippen LogP contribution < -0.4 is 4.72 Å². The van der Waals surface area contributed by atoms with Gasteiger partial charge in [0.2, 0.25) is 10.0 Å². The highest BCUT2D eigenvalue weighted by molar-refractivity contribution is 7.89. The summed E-state index contributed by atoms with van der Waals surface area (Å²) in [6.07, 6.45) is -1.45. The van der Waals surface area contributed by atoms with Gasteiger partial charge in [0.25, 0.3) is 0 Å². The zero-order valence-electron chi connectivity index (χ0n) is 9.66. The lowest BCUT2D eigenvalue weighted by Crippen LogP contribution is -2.43. The van der Waals surface area contributed by atoms with Crippen molar-refractivity contribution in [1.29, 1.82) is 0 Å². The van der Waals surface area contributed by atoms with E-state index in [1.54, 1.807) is 12.1 Å². The lowest BCUT2D eigenvalue weighted by molar-refractivity contribution is -0.144. The molecular weight excluding hydrogens is 258 g/mol. The molecule has 1 heterocycles. The van der Waals surface area contributed by atoms with E-state index >= 15 is 0 Å². The number of cyclic esters (lactones) is 1. The fraction of sp³-hybridized carbons (Fsp3) is 0.364. The van der Waals surface area contributed by atoms with Crippen molar-refractivity contribution >= 4 is 16.0 Å². The van der Waals surface area contributed by atoms with Gasteiger partial charge >= 0.3 is 5.97 Å². The number of esters is 1. The lowest BCUT2D eigenvalue weighted by atomic mass is 10.2. The molecule has 0 unspecified atom stereocenters. The molecule has 6 nitrogen and oxygen atoms in total. The van der Waals surface area contributed by atoms with E-state index in [9.17, 15) is 18.3 Å². The number of aliphatic hydroxyl groups is 1. The molecular formula is C11H13NO5S. The standard InChI is InChI=1S/C11H13NO5S/c1-7-2-4-8(5-3-7)18(15,16)12-9-6-17-11(14)10(9)13/h2-5,9-10,12-13H,6H2,1H3/t9-,10+/m1/s1. The molecule has 0 aromatic heterocycles. The Morgan fingerprint density at radius 1 is 1.33 bits per heavy atom. The summed E-state index contributed by atoms with van der Waals surface area (Å²) in [5.74, 6) is -0.813. The Hall–Kier alpha value is -1.44. The molecule has 2 atom stereocenters. The minimum atomic E-state index is -3.76. The van der Waals surface area contributed by atoms with Gasteiger partial charge in [-0.05, 0) is 19.1 Å². The Morgan fingerprint density at radius 2 is 1.94 bits per heavy atom. The highest BCUT2D eigenvalue weighted by Crippen LogP contribution is 2.14. The lowest BCUT2D eigenvalue weighted by Gasteiger charge is -2.13. The second kappa shape index (κ2) is 4.68. The first-order chi connectivity index (χ1) is 8.40. The summed E-state index contributed by atoms with van der Waals surface area (Å²) in [5.41, 5.74) is 0.938. The molecule has 0 aliphatic carbocycles. The Kier molecular flexibility index (Phi) is 3.38. The quantitative estimate of drug-likeness (QED) is 0.727. The smallest absolute Gasteiger partial charge is 0.336 e. The summed E-state index contributed by atoms with van der Waals surface area (Å²) in [7, 11) is -3.76. The molecule has 98 valence electrons. The zero-order valence-corrected chi connectivity index (χ0v) is 10.5. The van der Waals surface area contributed by atoms with Crippen LogP contribution in [0.1, 0.15) is 5.56 Å². The number of hydrogen-bond acceptors (Lipinski definition) is 5. The highest BCUT2D eigenvalue weighted by atomic mass is 32.2. The van der Waals surface area contributed by atoms with Gasteiger partial charge in [-0.15, -0.1) is 0 Å². The second-order valence-electron chi connectivity index (χ2n) is 4.12. The molecule has 18 heavy (non-hydrogen) atoms. The number of rotatable bonds is 3. The summed E-state index contributed by atoms with van der Waals surface area (Å²) < 4.78 is 30.7. The fourth-order valence-electron chi connectivity index (χ4n) is 1.60. The van der Waals surface area contributed by atoms with E-state index < -0.39 is 28.1 Å². The monoisotopic (exact) mass is 271 g/mol. The normalized spacial score (nSPS) is 24.0. The van der Waals surface area contributed by atoms with E-state index in [-0.39, 0.29) is 11.5 Å². The average Bonchev–Trinajstić information content (AvgIpc) is 2.61. The Morgan fingerprint density at radius 3 is 2.44 bits per heavy atom. The number of carbonyl (C=O) groups excluding carboxylic acids is 1. The van der Waals surface area contributed by atoms with Gasteiger partial charge in [0.1, 0.15) is 6.61 Å². The van der Waals surface area contributed by atoms with Crippen molar-refractivity contribution in [3.05, 3.63) is 29.8 Å². The third-order valence-corrected chi connectivity index (χ3v) is 4.17. The van der Waals surface area contributed by atoms with Crippen molar-refractivity contribution in [2.24, 2.45) is 0 Å². The molecule has 1 aliphatic rings. The molecule has 1 saturated heterocycles. The Balaban J connectivity index is 2.17. The molecule has 0 amide bonds. The van der Waals surface area contributed by atoms with Gasteiger partial charge in [-0.1, -0.05) is 17.7 Å². The van der Waals surface area contributed by atoms with E-state index in [2.05, 4.69) is 9.46 Å². The van der Waals surface area contributed by atoms with E-state index in [0.29, 0.717) is 0 Å². The maximum Gasteiger partial charge on any atom is 0.336 e. The number of nitrogens with one attached hydrogen (secondary N) is 1. The van der Waals surface area contributed by atoms with Crippen LogP contribution in [0.3, 0.4) is 0 Å². The third-order valence-electron chi connectivity index (χ3n) is 2.67. The summed E-state index contributed by atoms with van der Waals surface area (Å²) in [5, 5.41) is 9.41. The van der Waals surface area contributed by atoms with E-state index in [0.717, 1.165) is 5.56 Å². The Bertz CT molecular complexity index is 551. The predicted molar refractivity (Wildman–Crippen MR) is 62.3 cm³/mol. The van der Waals surface area contributed by atoms with Gasteiger partial charge < -0.3 is 9.84 Å². The highest BCUT2D eigenvalue weighted by Gasteiger charge is 2.38. The summed E-state index contributed by atoms with van der Waals surface area (Å²) in [4.78, 5) is 11.0. The van der Waals surface area contributed by atoms with E-state index in [4.69, 9.17) is 0 Å². The zero-order chi connectivity index (χ0) is 13.3. The van der Waals surface area contributed by atoms with Gasteiger partial charge in [-0.2, -0.15) is 0 Å². The van der Waals surface area contributed by atoms with Crippen molar-refractivity contribution in [1.82, 2.24) is 4.72 Å². The summed E-state index contributed by atoms with van der Waals surface area (Å²) in [6.45, 7) is 1.68. The van der Waals surface area contributed by atoms with Crippen molar-refractivity contribution in [2.75, 3.05) is 6.61 Å². The van der Waals surface area contributed by atoms with Gasteiger partial charge in [0, 0.05) is 0 Å². The maximum absolute atomic E-state index is 12.0. The van der Waals surface area contributed by atoms with Crippen LogP contribution in [0.15, 0.2) is 29.2 Å². The average molecular weight is 271 g/mol. The number of sulfonamides is 1. The van der Waals surface area contributed by atoms with Gasteiger partial charge in [-0.25, -0.2) is 17.9 Å². The summed E-state index contributed by atoms with van der Waals surface area (Å²) >= 11 is 0. The first-order valence-electron chi connectivity index (χ1n) is 5.34. The minimum Gasteiger partial charge on any atom is -0.462 e. The van der Waals surface area contributed by atoms with Crippen molar-refractivity contribution in [3.63, 3.8) is 0 Å². The molecule has 0 bridgehead atoms. The van der Waals surface area contributed by atoms with Crippen molar-refractivity contribution < 1.29 is 23.1 Å². The van der Waals surface area contributed by atoms with Crippen LogP contribution in [0.5, 0.6) is 0 Å². The van der Waals surface area contributed by atoms with E-state index in [1.807, 2.05) is 6.92 Å². The molecule has 1 aromatic rings. The van der Waals surface area contributed by atoms with Crippen LogP contribution in [0.25, 0.3) is 0 Å². The summed E-state index contributed by atoms with van der Waals surface area (Å²) in [6, 6.07) is 5.31. The molecule has 0 saturated carbocycles. The maximum atomic E-state index is 12.0. The minimum absolute atomic E-state index is 0.0830. The molecule has 2 rings (SSSR count). The Labute approximate surface area is 105 Å². The predicted octanol–water partition coefficient (Wildman–Crippen LogP) is -0.440. The number of carbonyl (C=O) groups is 1. The van der Waals surface area contributed by atoms with Gasteiger partial charge in [0.15, 0.2) is 6.10 Å². The van der Waals surface area contributed by atoms with Crippen LogP contribution in [-0.2, 0) is 19.6 Å². The molecule has 7 heteroatoms. The molecule has 0 spiro atoms. The second-order valence-corrected chi connectivity index (χ2v) is 5.83. The number of aryl methyl sites for hydroxylation is 1. The topological polar surface area (TPSA) is 92.7 Å². The molecule has 0 radical (unpaired) electrons. The largest absolute Gasteiger partial charge is 0.462 e. The molecule has 1 aromatic carbocycles. The van der Waals surface area contributed by atoms with Gasteiger partial charge in [0.05, 0.1) is 10.9 Å². The van der Waals surface area contributed by atoms with Crippen LogP contribution in [0.4, 0.5) is 0 Å². The molecule has 2 N–H and O–H groups in total.